The van der Waals surface area contributed by atoms with Gasteiger partial charge in [0.05, 0.1) is 33.0 Å². The second-order valence-electron chi connectivity index (χ2n) is 4.85. The summed E-state index contributed by atoms with van der Waals surface area (Å²) in [5, 5.41) is 0. The molecule has 0 aliphatic heterocycles. The highest BCUT2D eigenvalue weighted by molar-refractivity contribution is 7.48. The van der Waals surface area contributed by atoms with Gasteiger partial charge in [-0.2, -0.15) is 0 Å². The van der Waals surface area contributed by atoms with E-state index in [4.69, 9.17) is 23.0 Å². The van der Waals surface area contributed by atoms with Crippen molar-refractivity contribution in [1.82, 2.24) is 0 Å². The molecule has 0 N–H and O–H groups in total. The molecule has 9 heteroatoms. The minimum atomic E-state index is -3.73. The smallest absolute Gasteiger partial charge is 0.465 e. The molecule has 0 rings (SSSR count). The monoisotopic (exact) mass is 370 g/mol. The fourth-order valence-electron chi connectivity index (χ4n) is 1.47. The molecule has 0 saturated heterocycles. The van der Waals surface area contributed by atoms with E-state index in [1.807, 2.05) is 0 Å². The highest BCUT2D eigenvalue weighted by atomic mass is 31.2. The van der Waals surface area contributed by atoms with E-state index in [-0.39, 0.29) is 26.4 Å². The molecule has 0 bridgehead atoms. The molecule has 0 heterocycles. The lowest BCUT2D eigenvalue weighted by molar-refractivity contribution is -0.129. The van der Waals surface area contributed by atoms with E-state index in [2.05, 4.69) is 18.6 Å². The van der Waals surface area contributed by atoms with E-state index in [0.29, 0.717) is 32.9 Å². The third kappa shape index (κ3) is 15.1. The van der Waals surface area contributed by atoms with E-state index in [0.717, 1.165) is 25.7 Å². The summed E-state index contributed by atoms with van der Waals surface area (Å²) in [5.41, 5.74) is 0. The van der Waals surface area contributed by atoms with Gasteiger partial charge in [-0.1, -0.05) is 26.7 Å². The lowest BCUT2D eigenvalue weighted by atomic mass is 10.4. The third-order valence-electron chi connectivity index (χ3n) is 2.76. The first-order chi connectivity index (χ1) is 11.7. The average molecular weight is 370 g/mol. The van der Waals surface area contributed by atoms with Gasteiger partial charge in [-0.25, -0.2) is 4.57 Å². The van der Waals surface area contributed by atoms with Crippen molar-refractivity contribution in [3.63, 3.8) is 0 Å². The zero-order valence-electron chi connectivity index (χ0n) is 14.8. The number of carbonyl (C=O) groups is 1. The molecule has 0 fully saturated rings. The molecule has 0 unspecified atom stereocenters. The molecule has 144 valence electrons. The topological polar surface area (TPSA) is 89.5 Å². The van der Waals surface area contributed by atoms with Gasteiger partial charge in [-0.15, -0.1) is 0 Å². The van der Waals surface area contributed by atoms with E-state index in [1.165, 1.54) is 0 Å². The second-order valence-corrected chi connectivity index (χ2v) is 6.51. The molecular formula is C15H31O8P. The lowest BCUT2D eigenvalue weighted by Crippen LogP contribution is -2.12. The molecular weight excluding hydrogens is 339 g/mol. The van der Waals surface area contributed by atoms with Crippen LogP contribution in [0.2, 0.25) is 0 Å². The van der Waals surface area contributed by atoms with Crippen LogP contribution in [0, 0.1) is 0 Å². The van der Waals surface area contributed by atoms with Crippen molar-refractivity contribution in [1.29, 1.82) is 0 Å². The average Bonchev–Trinajstić information content (AvgIpc) is 2.58. The number of hydrogen-bond donors (Lipinski definition) is 0. The predicted octanol–water partition coefficient (Wildman–Crippen LogP) is 2.95. The maximum atomic E-state index is 12.4. The minimum Gasteiger partial charge on any atom is -0.465 e. The van der Waals surface area contributed by atoms with Crippen molar-refractivity contribution in [3.8, 4) is 0 Å². The highest BCUT2D eigenvalue weighted by Crippen LogP contribution is 2.49. The first-order valence-electron chi connectivity index (χ1n) is 8.43. The van der Waals surface area contributed by atoms with Crippen LogP contribution in [0.1, 0.15) is 39.5 Å². The van der Waals surface area contributed by atoms with Crippen LogP contribution in [-0.2, 0) is 37.1 Å². The van der Waals surface area contributed by atoms with E-state index in [9.17, 15) is 9.36 Å². The molecule has 0 atom stereocenters. The van der Waals surface area contributed by atoms with Gasteiger partial charge < -0.3 is 14.2 Å². The van der Waals surface area contributed by atoms with Crippen molar-refractivity contribution in [2.24, 2.45) is 0 Å². The standard InChI is InChI=1S/C15H31O8P/c1-3-5-7-18-9-12-21-24(17,23-14-11-20-15-16)22-13-10-19-8-6-4-2/h15H,3-14H2,1-2H3. The van der Waals surface area contributed by atoms with Crippen molar-refractivity contribution in [2.45, 2.75) is 39.5 Å². The molecule has 24 heavy (non-hydrogen) atoms. The van der Waals surface area contributed by atoms with E-state index >= 15 is 0 Å². The normalized spacial score (nSPS) is 11.6. The van der Waals surface area contributed by atoms with Crippen LogP contribution in [0.3, 0.4) is 0 Å². The molecule has 0 aromatic rings. The van der Waals surface area contributed by atoms with Crippen molar-refractivity contribution >= 4 is 14.3 Å². The molecule has 0 aromatic heterocycles. The second kappa shape index (κ2) is 17.3. The van der Waals surface area contributed by atoms with Crippen molar-refractivity contribution < 1.29 is 37.1 Å². The van der Waals surface area contributed by atoms with Crippen LogP contribution in [0.15, 0.2) is 0 Å². The summed E-state index contributed by atoms with van der Waals surface area (Å²) in [6.45, 7) is 6.36. The maximum absolute atomic E-state index is 12.4. The van der Waals surface area contributed by atoms with Crippen LogP contribution in [0.4, 0.5) is 0 Å². The maximum Gasteiger partial charge on any atom is 0.475 e. The van der Waals surface area contributed by atoms with E-state index in [1.54, 1.807) is 0 Å². The van der Waals surface area contributed by atoms with Crippen molar-refractivity contribution in [3.05, 3.63) is 0 Å². The Morgan fingerprint density at radius 3 is 1.58 bits per heavy atom. The zero-order chi connectivity index (χ0) is 17.9. The summed E-state index contributed by atoms with van der Waals surface area (Å²) in [6.07, 6.45) is 4.01. The Bertz CT molecular complexity index is 307. The van der Waals surface area contributed by atoms with Crippen molar-refractivity contribution in [2.75, 3.05) is 52.9 Å². The Kier molecular flexibility index (Phi) is 17.0. The Balaban J connectivity index is 4.03. The van der Waals surface area contributed by atoms with Gasteiger partial charge in [0.1, 0.15) is 6.61 Å². The number of ether oxygens (including phenoxy) is 3. The van der Waals surface area contributed by atoms with Gasteiger partial charge in [-0.3, -0.25) is 18.4 Å². The number of hydrogen-bond acceptors (Lipinski definition) is 8. The van der Waals surface area contributed by atoms with E-state index < -0.39 is 7.82 Å². The van der Waals surface area contributed by atoms with Crippen LogP contribution in [-0.4, -0.2) is 59.3 Å². The van der Waals surface area contributed by atoms with Crippen LogP contribution in [0.25, 0.3) is 0 Å². The van der Waals surface area contributed by atoms with Crippen LogP contribution >= 0.6 is 7.82 Å². The number of phosphoric acid groups is 1. The SMILES string of the molecule is CCCCOCCOP(=O)(OCCOC=O)OCCOCCCC. The van der Waals surface area contributed by atoms with Gasteiger partial charge in [-0.05, 0) is 12.8 Å². The Hall–Kier alpha value is -0.500. The number of carbonyl (C=O) groups excluding carboxylic acids is 1. The van der Waals surface area contributed by atoms with Crippen LogP contribution < -0.4 is 0 Å². The molecule has 0 aromatic carbocycles. The number of unbranched alkanes of at least 4 members (excludes halogenated alkanes) is 2. The lowest BCUT2D eigenvalue weighted by Gasteiger charge is -2.18. The molecule has 0 aliphatic carbocycles. The quantitative estimate of drug-likeness (QED) is 0.195. The Morgan fingerprint density at radius 1 is 0.708 bits per heavy atom. The van der Waals surface area contributed by atoms with Gasteiger partial charge in [0.25, 0.3) is 6.47 Å². The minimum absolute atomic E-state index is 0.0276. The van der Waals surface area contributed by atoms with Crippen LogP contribution in [0.5, 0.6) is 0 Å². The first kappa shape index (κ1) is 23.5. The molecule has 0 saturated carbocycles. The summed E-state index contributed by atoms with van der Waals surface area (Å²) in [4.78, 5) is 10.1. The third-order valence-corrected chi connectivity index (χ3v) is 4.25. The zero-order valence-corrected chi connectivity index (χ0v) is 15.7. The summed E-state index contributed by atoms with van der Waals surface area (Å²) < 4.78 is 43.1. The largest absolute Gasteiger partial charge is 0.475 e. The van der Waals surface area contributed by atoms with Gasteiger partial charge in [0.2, 0.25) is 0 Å². The van der Waals surface area contributed by atoms with Gasteiger partial charge in [0.15, 0.2) is 0 Å². The Morgan fingerprint density at radius 2 is 1.17 bits per heavy atom. The predicted molar refractivity (Wildman–Crippen MR) is 88.9 cm³/mol. The number of phosphoric ester groups is 1. The highest BCUT2D eigenvalue weighted by Gasteiger charge is 2.26. The van der Waals surface area contributed by atoms with Gasteiger partial charge in [0, 0.05) is 13.2 Å². The summed E-state index contributed by atoms with van der Waals surface area (Å²) >= 11 is 0. The first-order valence-corrected chi connectivity index (χ1v) is 9.89. The molecule has 0 spiro atoms. The fourth-order valence-corrected chi connectivity index (χ4v) is 2.59. The fraction of sp³-hybridized carbons (Fsp3) is 0.933. The molecule has 0 radical (unpaired) electrons. The molecule has 0 aliphatic rings. The Labute approximate surface area is 144 Å². The number of rotatable bonds is 19. The summed E-state index contributed by atoms with van der Waals surface area (Å²) in [7, 11) is -3.73. The summed E-state index contributed by atoms with van der Waals surface area (Å²) in [5.74, 6) is 0. The molecule has 8 nitrogen and oxygen atoms in total. The summed E-state index contributed by atoms with van der Waals surface area (Å²) in [6, 6.07) is 0. The molecule has 0 amide bonds. The van der Waals surface area contributed by atoms with Gasteiger partial charge >= 0.3 is 7.82 Å².